The average molecular weight is 190 g/mol. The van der Waals surface area contributed by atoms with E-state index in [-0.39, 0.29) is 12.0 Å². The van der Waals surface area contributed by atoms with E-state index in [2.05, 4.69) is 10.3 Å². The monoisotopic (exact) mass is 190 g/mol. The topological polar surface area (TPSA) is 24.4 Å². The van der Waals surface area contributed by atoms with Gasteiger partial charge in [0.1, 0.15) is 12.0 Å². The fourth-order valence-corrected chi connectivity index (χ4v) is 1.35. The third-order valence-electron chi connectivity index (χ3n) is 2.07. The van der Waals surface area contributed by atoms with Gasteiger partial charge in [0, 0.05) is 12.8 Å². The minimum Gasteiger partial charge on any atom is -0.288 e. The first-order chi connectivity index (χ1) is 6.86. The van der Waals surface area contributed by atoms with Crippen molar-refractivity contribution in [3.05, 3.63) is 47.8 Å². The molecular weight excluding hydrogens is 179 g/mol. The summed E-state index contributed by atoms with van der Waals surface area (Å²) in [5, 5.41) is 3.21. The molecule has 1 atom stereocenters. The van der Waals surface area contributed by atoms with Crippen molar-refractivity contribution in [3.63, 3.8) is 0 Å². The number of allylic oxidation sites excluding steroid dienone is 1. The SMILES string of the molecule is Fc1ccc(C2N=CC=CCN2)cc1. The summed E-state index contributed by atoms with van der Waals surface area (Å²) in [5.41, 5.74) is 0.978. The molecule has 0 fully saturated rings. The van der Waals surface area contributed by atoms with E-state index in [1.807, 2.05) is 12.2 Å². The molecule has 1 aromatic rings. The second-order valence-corrected chi connectivity index (χ2v) is 3.09. The first-order valence-electron chi connectivity index (χ1n) is 4.53. The predicted molar refractivity (Wildman–Crippen MR) is 54.8 cm³/mol. The zero-order valence-corrected chi connectivity index (χ0v) is 7.65. The zero-order valence-electron chi connectivity index (χ0n) is 7.65. The van der Waals surface area contributed by atoms with Gasteiger partial charge in [-0.25, -0.2) is 4.39 Å². The smallest absolute Gasteiger partial charge is 0.125 e. The van der Waals surface area contributed by atoms with Crippen molar-refractivity contribution in [2.75, 3.05) is 6.54 Å². The van der Waals surface area contributed by atoms with Crippen LogP contribution in [-0.4, -0.2) is 12.8 Å². The number of hydrogen-bond donors (Lipinski definition) is 1. The Morgan fingerprint density at radius 2 is 2.07 bits per heavy atom. The predicted octanol–water partition coefficient (Wildman–Crippen LogP) is 2.05. The lowest BCUT2D eigenvalue weighted by atomic mass is 10.2. The van der Waals surface area contributed by atoms with E-state index in [0.717, 1.165) is 12.1 Å². The molecule has 1 aliphatic heterocycles. The van der Waals surface area contributed by atoms with Gasteiger partial charge in [0.25, 0.3) is 0 Å². The Labute approximate surface area is 82.2 Å². The number of benzene rings is 1. The van der Waals surface area contributed by atoms with E-state index >= 15 is 0 Å². The number of nitrogens with one attached hydrogen (secondary N) is 1. The van der Waals surface area contributed by atoms with Crippen molar-refractivity contribution >= 4 is 6.21 Å². The highest BCUT2D eigenvalue weighted by molar-refractivity contribution is 5.71. The summed E-state index contributed by atoms with van der Waals surface area (Å²) in [6, 6.07) is 6.39. The highest BCUT2D eigenvalue weighted by atomic mass is 19.1. The van der Waals surface area contributed by atoms with Crippen LogP contribution in [0.1, 0.15) is 11.7 Å². The zero-order chi connectivity index (χ0) is 9.80. The number of rotatable bonds is 1. The van der Waals surface area contributed by atoms with Crippen LogP contribution in [0.3, 0.4) is 0 Å². The van der Waals surface area contributed by atoms with Crippen LogP contribution in [-0.2, 0) is 0 Å². The number of halogens is 1. The molecule has 3 heteroatoms. The fourth-order valence-electron chi connectivity index (χ4n) is 1.35. The largest absolute Gasteiger partial charge is 0.288 e. The van der Waals surface area contributed by atoms with Crippen molar-refractivity contribution in [1.82, 2.24) is 5.32 Å². The summed E-state index contributed by atoms with van der Waals surface area (Å²) >= 11 is 0. The van der Waals surface area contributed by atoms with Crippen LogP contribution in [0.5, 0.6) is 0 Å². The Morgan fingerprint density at radius 1 is 1.29 bits per heavy atom. The minimum atomic E-state index is -0.218. The van der Waals surface area contributed by atoms with Gasteiger partial charge in [-0.1, -0.05) is 18.2 Å². The van der Waals surface area contributed by atoms with Crippen molar-refractivity contribution in [2.45, 2.75) is 6.17 Å². The van der Waals surface area contributed by atoms with Gasteiger partial charge in [-0.3, -0.25) is 10.3 Å². The van der Waals surface area contributed by atoms with Gasteiger partial charge < -0.3 is 0 Å². The van der Waals surface area contributed by atoms with Crippen LogP contribution >= 0.6 is 0 Å². The van der Waals surface area contributed by atoms with Crippen LogP contribution in [0.25, 0.3) is 0 Å². The molecule has 1 aliphatic rings. The third kappa shape index (κ3) is 2.06. The quantitative estimate of drug-likeness (QED) is 0.720. The van der Waals surface area contributed by atoms with Crippen LogP contribution in [0.15, 0.2) is 41.4 Å². The third-order valence-corrected chi connectivity index (χ3v) is 2.07. The van der Waals surface area contributed by atoms with Crippen molar-refractivity contribution in [3.8, 4) is 0 Å². The van der Waals surface area contributed by atoms with Gasteiger partial charge in [0.2, 0.25) is 0 Å². The summed E-state index contributed by atoms with van der Waals surface area (Å²) in [5.74, 6) is -0.218. The lowest BCUT2D eigenvalue weighted by Crippen LogP contribution is -2.18. The van der Waals surface area contributed by atoms with E-state index in [4.69, 9.17) is 0 Å². The van der Waals surface area contributed by atoms with Gasteiger partial charge in [-0.05, 0) is 23.8 Å². The molecule has 0 saturated heterocycles. The number of aliphatic imine (C=N–C) groups is 1. The molecule has 14 heavy (non-hydrogen) atoms. The van der Waals surface area contributed by atoms with E-state index < -0.39 is 0 Å². The molecule has 0 aromatic heterocycles. The molecule has 1 aromatic carbocycles. The molecule has 0 aliphatic carbocycles. The summed E-state index contributed by atoms with van der Waals surface area (Å²) < 4.78 is 12.7. The van der Waals surface area contributed by atoms with Gasteiger partial charge in [0.15, 0.2) is 0 Å². The van der Waals surface area contributed by atoms with E-state index in [0.29, 0.717) is 0 Å². The number of hydrogen-bond acceptors (Lipinski definition) is 2. The lowest BCUT2D eigenvalue weighted by Gasteiger charge is -2.11. The van der Waals surface area contributed by atoms with E-state index in [1.165, 1.54) is 12.1 Å². The molecule has 2 nitrogen and oxygen atoms in total. The van der Waals surface area contributed by atoms with E-state index in [9.17, 15) is 4.39 Å². The Hall–Kier alpha value is -1.48. The Morgan fingerprint density at radius 3 is 2.86 bits per heavy atom. The molecule has 0 spiro atoms. The van der Waals surface area contributed by atoms with Crippen LogP contribution in [0.2, 0.25) is 0 Å². The van der Waals surface area contributed by atoms with Crippen LogP contribution < -0.4 is 5.32 Å². The summed E-state index contributed by atoms with van der Waals surface area (Å²) in [6.45, 7) is 0.780. The summed E-state index contributed by atoms with van der Waals surface area (Å²) in [7, 11) is 0. The molecule has 72 valence electrons. The molecule has 0 saturated carbocycles. The Balaban J connectivity index is 2.18. The van der Waals surface area contributed by atoms with Crippen molar-refractivity contribution in [1.29, 1.82) is 0 Å². The molecule has 1 heterocycles. The Bertz CT molecular complexity index is 354. The average Bonchev–Trinajstić information content (AvgIpc) is 2.47. The van der Waals surface area contributed by atoms with Gasteiger partial charge in [0.05, 0.1) is 0 Å². The maximum atomic E-state index is 12.7. The minimum absolute atomic E-state index is 0.0643. The van der Waals surface area contributed by atoms with Gasteiger partial charge in [-0.2, -0.15) is 0 Å². The molecule has 0 amide bonds. The first kappa shape index (κ1) is 9.09. The standard InChI is InChI=1S/C11H11FN2/c12-10-5-3-9(4-6-10)11-13-7-1-2-8-14-11/h1-7,11,14H,8H2. The highest BCUT2D eigenvalue weighted by Gasteiger charge is 2.07. The first-order valence-corrected chi connectivity index (χ1v) is 4.53. The second-order valence-electron chi connectivity index (χ2n) is 3.09. The molecule has 1 unspecified atom stereocenters. The molecular formula is C11H11FN2. The van der Waals surface area contributed by atoms with Gasteiger partial charge >= 0.3 is 0 Å². The molecule has 0 radical (unpaired) electrons. The maximum Gasteiger partial charge on any atom is 0.125 e. The second kappa shape index (κ2) is 4.15. The van der Waals surface area contributed by atoms with Gasteiger partial charge in [-0.15, -0.1) is 0 Å². The normalized spacial score (nSPS) is 20.8. The summed E-state index contributed by atoms with van der Waals surface area (Å²) in [4.78, 5) is 4.28. The van der Waals surface area contributed by atoms with Crippen LogP contribution in [0, 0.1) is 5.82 Å². The highest BCUT2D eigenvalue weighted by Crippen LogP contribution is 2.15. The maximum absolute atomic E-state index is 12.7. The summed E-state index contributed by atoms with van der Waals surface area (Å²) in [6.07, 6.45) is 5.59. The molecule has 1 N–H and O–H groups in total. The molecule has 0 bridgehead atoms. The van der Waals surface area contributed by atoms with Crippen molar-refractivity contribution in [2.24, 2.45) is 4.99 Å². The lowest BCUT2D eigenvalue weighted by molar-refractivity contribution is 0.592. The molecule has 2 rings (SSSR count). The Kier molecular flexibility index (Phi) is 2.70. The van der Waals surface area contributed by atoms with Crippen LogP contribution in [0.4, 0.5) is 4.39 Å². The fraction of sp³-hybridized carbons (Fsp3) is 0.182. The number of nitrogens with zero attached hydrogens (tertiary/aromatic N) is 1. The van der Waals surface area contributed by atoms with E-state index in [1.54, 1.807) is 18.3 Å². The van der Waals surface area contributed by atoms with Crippen molar-refractivity contribution < 1.29 is 4.39 Å².